The van der Waals surface area contributed by atoms with Gasteiger partial charge in [-0.15, -0.1) is 11.8 Å². The van der Waals surface area contributed by atoms with Crippen LogP contribution in [0.5, 0.6) is 0 Å². The van der Waals surface area contributed by atoms with Crippen molar-refractivity contribution in [3.05, 3.63) is 0 Å². The van der Waals surface area contributed by atoms with E-state index in [0.29, 0.717) is 5.78 Å². The average molecular weight is 228 g/mol. The van der Waals surface area contributed by atoms with Crippen LogP contribution < -0.4 is 0 Å². The highest BCUT2D eigenvalue weighted by atomic mass is 32.2. The van der Waals surface area contributed by atoms with E-state index in [-0.39, 0.29) is 16.8 Å². The maximum Gasteiger partial charge on any atom is 0.154 e. The van der Waals surface area contributed by atoms with Crippen LogP contribution in [0.1, 0.15) is 39.5 Å². The third-order valence-corrected chi connectivity index (χ3v) is 5.22. The third kappa shape index (κ3) is 2.09. The normalized spacial score (nSPS) is 40.9. The third-order valence-electron chi connectivity index (χ3n) is 3.69. The van der Waals surface area contributed by atoms with Crippen molar-refractivity contribution in [2.75, 3.05) is 12.4 Å². The predicted octanol–water partition coefficient (Wildman–Crippen LogP) is 2.66. The van der Waals surface area contributed by atoms with Gasteiger partial charge in [-0.2, -0.15) is 0 Å². The second-order valence-electron chi connectivity index (χ2n) is 4.76. The molecule has 2 aliphatic heterocycles. The van der Waals surface area contributed by atoms with E-state index in [1.54, 1.807) is 0 Å². The zero-order chi connectivity index (χ0) is 10.9. The van der Waals surface area contributed by atoms with Gasteiger partial charge in [-0.05, 0) is 38.4 Å². The first kappa shape index (κ1) is 11.5. The van der Waals surface area contributed by atoms with Crippen LogP contribution in [-0.2, 0) is 9.53 Å². The monoisotopic (exact) mass is 228 g/mol. The Morgan fingerprint density at radius 1 is 1.60 bits per heavy atom. The van der Waals surface area contributed by atoms with E-state index in [9.17, 15) is 4.79 Å². The number of hydrogen-bond acceptors (Lipinski definition) is 3. The van der Waals surface area contributed by atoms with Gasteiger partial charge in [0.25, 0.3) is 0 Å². The van der Waals surface area contributed by atoms with Gasteiger partial charge in [0, 0.05) is 12.5 Å². The molecule has 0 amide bonds. The van der Waals surface area contributed by atoms with Crippen molar-refractivity contribution in [3.63, 3.8) is 0 Å². The largest absolute Gasteiger partial charge is 0.377 e. The van der Waals surface area contributed by atoms with Crippen LogP contribution in [0, 0.1) is 5.92 Å². The van der Waals surface area contributed by atoms with Gasteiger partial charge in [-0.25, -0.2) is 0 Å². The van der Waals surface area contributed by atoms with Crippen molar-refractivity contribution >= 4 is 17.5 Å². The number of hydrogen-bond donors (Lipinski definition) is 0. The Balaban J connectivity index is 2.06. The fourth-order valence-electron chi connectivity index (χ4n) is 2.72. The van der Waals surface area contributed by atoms with Gasteiger partial charge < -0.3 is 4.74 Å². The SMILES string of the molecule is CCC1OCCC1C(=O)C1(C)CCCS1. The summed E-state index contributed by atoms with van der Waals surface area (Å²) < 4.78 is 5.50. The number of carbonyl (C=O) groups is 1. The molecule has 2 fully saturated rings. The molecule has 0 aromatic carbocycles. The van der Waals surface area contributed by atoms with Gasteiger partial charge in [0.05, 0.1) is 10.9 Å². The van der Waals surface area contributed by atoms with Crippen molar-refractivity contribution in [2.45, 2.75) is 50.4 Å². The summed E-state index contributed by atoms with van der Waals surface area (Å²) in [6, 6.07) is 0. The fraction of sp³-hybridized carbons (Fsp3) is 0.917. The standard InChI is InChI=1S/C12H20O2S/c1-3-10-9(5-7-14-10)11(13)12(2)6-4-8-15-12/h9-10H,3-8H2,1-2H3. The molecule has 3 unspecified atom stereocenters. The summed E-state index contributed by atoms with van der Waals surface area (Å²) in [6.07, 6.45) is 4.35. The Bertz CT molecular complexity index is 246. The van der Waals surface area contributed by atoms with Gasteiger partial charge in [-0.3, -0.25) is 4.79 Å². The Morgan fingerprint density at radius 2 is 2.40 bits per heavy atom. The van der Waals surface area contributed by atoms with Crippen LogP contribution in [0.4, 0.5) is 0 Å². The zero-order valence-corrected chi connectivity index (χ0v) is 10.4. The lowest BCUT2D eigenvalue weighted by molar-refractivity contribution is -0.126. The van der Waals surface area contributed by atoms with Crippen LogP contribution in [0.2, 0.25) is 0 Å². The first-order chi connectivity index (χ1) is 7.17. The molecule has 0 radical (unpaired) electrons. The number of carbonyl (C=O) groups excluding carboxylic acids is 1. The number of ether oxygens (including phenoxy) is 1. The van der Waals surface area contributed by atoms with E-state index in [4.69, 9.17) is 4.74 Å². The highest BCUT2D eigenvalue weighted by Crippen LogP contribution is 2.42. The molecule has 15 heavy (non-hydrogen) atoms. The molecule has 0 aromatic heterocycles. The van der Waals surface area contributed by atoms with Crippen molar-refractivity contribution in [2.24, 2.45) is 5.92 Å². The van der Waals surface area contributed by atoms with E-state index < -0.39 is 0 Å². The van der Waals surface area contributed by atoms with Crippen molar-refractivity contribution in [1.82, 2.24) is 0 Å². The van der Waals surface area contributed by atoms with E-state index in [2.05, 4.69) is 13.8 Å². The van der Waals surface area contributed by atoms with Gasteiger partial charge in [-0.1, -0.05) is 6.92 Å². The first-order valence-corrected chi connectivity index (χ1v) is 6.96. The minimum absolute atomic E-state index is 0.105. The molecule has 2 aliphatic rings. The summed E-state index contributed by atoms with van der Waals surface area (Å²) in [5.74, 6) is 1.77. The molecule has 0 aromatic rings. The quantitative estimate of drug-likeness (QED) is 0.743. The Kier molecular flexibility index (Phi) is 3.41. The molecule has 2 heterocycles. The molecule has 2 rings (SSSR count). The molecular formula is C12H20O2S. The highest BCUT2D eigenvalue weighted by Gasteiger charge is 2.44. The fourth-order valence-corrected chi connectivity index (χ4v) is 4.04. The molecule has 2 saturated heterocycles. The minimum Gasteiger partial charge on any atom is -0.377 e. The molecule has 0 N–H and O–H groups in total. The van der Waals surface area contributed by atoms with Gasteiger partial charge in [0.1, 0.15) is 0 Å². The van der Waals surface area contributed by atoms with Crippen LogP contribution in [0.3, 0.4) is 0 Å². The molecule has 0 spiro atoms. The molecule has 3 heteroatoms. The van der Waals surface area contributed by atoms with Crippen molar-refractivity contribution in [1.29, 1.82) is 0 Å². The summed E-state index contributed by atoms with van der Waals surface area (Å²) in [5.41, 5.74) is 0. The summed E-state index contributed by atoms with van der Waals surface area (Å²) in [5, 5.41) is 0. The lowest BCUT2D eigenvalue weighted by atomic mass is 9.85. The summed E-state index contributed by atoms with van der Waals surface area (Å²) in [6.45, 7) is 5.01. The number of Topliss-reactive ketones (excluding diaryl/α,β-unsaturated/α-hetero) is 1. The highest BCUT2D eigenvalue weighted by molar-refractivity contribution is 8.01. The van der Waals surface area contributed by atoms with E-state index in [1.165, 1.54) is 6.42 Å². The lowest BCUT2D eigenvalue weighted by Gasteiger charge is -2.26. The van der Waals surface area contributed by atoms with Gasteiger partial charge >= 0.3 is 0 Å². The smallest absolute Gasteiger partial charge is 0.154 e. The molecule has 0 saturated carbocycles. The summed E-state index contributed by atoms with van der Waals surface area (Å²) in [4.78, 5) is 12.4. The summed E-state index contributed by atoms with van der Waals surface area (Å²) >= 11 is 1.85. The zero-order valence-electron chi connectivity index (χ0n) is 9.62. The van der Waals surface area contributed by atoms with Crippen molar-refractivity contribution < 1.29 is 9.53 Å². The molecular weight excluding hydrogens is 208 g/mol. The summed E-state index contributed by atoms with van der Waals surface area (Å²) in [7, 11) is 0. The maximum atomic E-state index is 12.4. The van der Waals surface area contributed by atoms with Crippen molar-refractivity contribution in [3.8, 4) is 0 Å². The lowest BCUT2D eigenvalue weighted by Crippen LogP contribution is -2.38. The molecule has 3 atom stereocenters. The van der Waals surface area contributed by atoms with E-state index in [0.717, 1.165) is 31.6 Å². The number of rotatable bonds is 3. The molecule has 0 aliphatic carbocycles. The number of ketones is 1. The van der Waals surface area contributed by atoms with Gasteiger partial charge in [0.15, 0.2) is 5.78 Å². The second kappa shape index (κ2) is 4.46. The number of thioether (sulfide) groups is 1. The van der Waals surface area contributed by atoms with Gasteiger partial charge in [0.2, 0.25) is 0 Å². The average Bonchev–Trinajstić information content (AvgIpc) is 2.85. The minimum atomic E-state index is -0.105. The Labute approximate surface area is 96.1 Å². The Hall–Kier alpha value is -0.0200. The van der Waals surface area contributed by atoms with Crippen LogP contribution >= 0.6 is 11.8 Å². The topological polar surface area (TPSA) is 26.3 Å². The molecule has 2 nitrogen and oxygen atoms in total. The van der Waals surface area contributed by atoms with Crippen LogP contribution in [0.15, 0.2) is 0 Å². The molecule has 86 valence electrons. The first-order valence-electron chi connectivity index (χ1n) is 5.97. The Morgan fingerprint density at radius 3 is 3.00 bits per heavy atom. The second-order valence-corrected chi connectivity index (χ2v) is 6.36. The van der Waals surface area contributed by atoms with Crippen LogP contribution in [-0.4, -0.2) is 29.0 Å². The van der Waals surface area contributed by atoms with E-state index >= 15 is 0 Å². The predicted molar refractivity (Wildman–Crippen MR) is 63.2 cm³/mol. The van der Waals surface area contributed by atoms with Crippen LogP contribution in [0.25, 0.3) is 0 Å². The maximum absolute atomic E-state index is 12.4. The van der Waals surface area contributed by atoms with E-state index in [1.807, 2.05) is 11.8 Å². The molecule has 0 bridgehead atoms.